The van der Waals surface area contributed by atoms with Gasteiger partial charge in [-0.05, 0) is 37.5 Å². The number of aromatic carboxylic acids is 1. The minimum atomic E-state index is -0.936. The molecular formula is C14H20N2O2. The molecule has 0 spiro atoms. The summed E-state index contributed by atoms with van der Waals surface area (Å²) in [5.74, 6) is -0.0483. The summed E-state index contributed by atoms with van der Waals surface area (Å²) in [6.07, 6.45) is 3.91. The number of nitrogen functional groups attached to an aromatic ring is 1. The predicted molar refractivity (Wildman–Crippen MR) is 73.0 cm³/mol. The van der Waals surface area contributed by atoms with Crippen molar-refractivity contribution in [2.24, 2.45) is 5.92 Å². The molecule has 0 radical (unpaired) electrons. The van der Waals surface area contributed by atoms with Crippen LogP contribution in [0.5, 0.6) is 0 Å². The highest BCUT2D eigenvalue weighted by atomic mass is 16.4. The van der Waals surface area contributed by atoms with Crippen LogP contribution >= 0.6 is 0 Å². The summed E-state index contributed by atoms with van der Waals surface area (Å²) in [6, 6.07) is 4.97. The summed E-state index contributed by atoms with van der Waals surface area (Å²) in [5, 5.41) is 8.91. The summed E-state index contributed by atoms with van der Waals surface area (Å²) < 4.78 is 0. The minimum Gasteiger partial charge on any atom is -0.478 e. The first kappa shape index (κ1) is 12.7. The summed E-state index contributed by atoms with van der Waals surface area (Å²) in [5.41, 5.74) is 7.69. The average molecular weight is 248 g/mol. The minimum absolute atomic E-state index is 0.245. The molecule has 0 heterocycles. The van der Waals surface area contributed by atoms with E-state index in [4.69, 9.17) is 10.8 Å². The van der Waals surface area contributed by atoms with E-state index in [1.54, 1.807) is 6.07 Å². The van der Waals surface area contributed by atoms with Gasteiger partial charge >= 0.3 is 5.97 Å². The summed E-state index contributed by atoms with van der Waals surface area (Å²) in [6.45, 7) is 3.98. The zero-order valence-corrected chi connectivity index (χ0v) is 10.7. The van der Waals surface area contributed by atoms with Crippen molar-refractivity contribution in [2.45, 2.75) is 26.2 Å². The number of carboxylic acid groups (broad SMARTS) is 1. The quantitative estimate of drug-likeness (QED) is 0.759. The molecule has 0 unspecified atom stereocenters. The van der Waals surface area contributed by atoms with Crippen molar-refractivity contribution in [3.05, 3.63) is 23.8 Å². The maximum atomic E-state index is 10.9. The van der Waals surface area contributed by atoms with Crippen molar-refractivity contribution in [1.82, 2.24) is 0 Å². The van der Waals surface area contributed by atoms with Gasteiger partial charge < -0.3 is 15.7 Å². The number of carbonyl (C=O) groups is 1. The number of anilines is 2. The van der Waals surface area contributed by atoms with Crippen molar-refractivity contribution in [1.29, 1.82) is 0 Å². The molecule has 0 atom stereocenters. The Kier molecular flexibility index (Phi) is 3.75. The van der Waals surface area contributed by atoms with Crippen LogP contribution in [0, 0.1) is 5.92 Å². The number of nitrogens with zero attached hydrogens (tertiary/aromatic N) is 1. The topological polar surface area (TPSA) is 66.6 Å². The van der Waals surface area contributed by atoms with Gasteiger partial charge in [-0.1, -0.05) is 12.8 Å². The lowest BCUT2D eigenvalue weighted by Crippen LogP contribution is -2.25. The second-order valence-corrected chi connectivity index (χ2v) is 4.89. The molecule has 3 N–H and O–H groups in total. The van der Waals surface area contributed by atoms with E-state index in [-0.39, 0.29) is 5.56 Å². The van der Waals surface area contributed by atoms with Crippen LogP contribution in [-0.4, -0.2) is 24.2 Å². The molecule has 4 heteroatoms. The Labute approximate surface area is 107 Å². The molecule has 1 aliphatic rings. The van der Waals surface area contributed by atoms with Gasteiger partial charge in [0.05, 0.1) is 16.9 Å². The Bertz CT molecular complexity index is 441. The Morgan fingerprint density at radius 3 is 2.72 bits per heavy atom. The first-order chi connectivity index (χ1) is 8.61. The number of hydrogen-bond donors (Lipinski definition) is 2. The highest BCUT2D eigenvalue weighted by Crippen LogP contribution is 2.33. The van der Waals surface area contributed by atoms with Crippen molar-refractivity contribution < 1.29 is 9.90 Å². The maximum absolute atomic E-state index is 10.9. The molecule has 98 valence electrons. The zero-order chi connectivity index (χ0) is 13.1. The molecular weight excluding hydrogens is 228 g/mol. The van der Waals surface area contributed by atoms with Gasteiger partial charge in [-0.25, -0.2) is 4.79 Å². The van der Waals surface area contributed by atoms with E-state index in [9.17, 15) is 4.79 Å². The van der Waals surface area contributed by atoms with E-state index in [0.29, 0.717) is 5.69 Å². The van der Waals surface area contributed by atoms with Crippen molar-refractivity contribution >= 4 is 17.3 Å². The Morgan fingerprint density at radius 1 is 1.50 bits per heavy atom. The maximum Gasteiger partial charge on any atom is 0.335 e. The molecule has 0 amide bonds. The van der Waals surface area contributed by atoms with Gasteiger partial charge in [-0.15, -0.1) is 0 Å². The van der Waals surface area contributed by atoms with Crippen molar-refractivity contribution in [3.8, 4) is 0 Å². The smallest absolute Gasteiger partial charge is 0.335 e. The number of nitrogens with two attached hydrogens (primary N) is 1. The van der Waals surface area contributed by atoms with E-state index in [0.717, 1.165) is 24.7 Å². The highest BCUT2D eigenvalue weighted by Gasteiger charge is 2.22. The molecule has 1 fully saturated rings. The SMILES string of the molecule is CCN(CCC1CC1)c1ccc(C(=O)O)cc1N. The van der Waals surface area contributed by atoms with Crippen LogP contribution in [-0.2, 0) is 0 Å². The average Bonchev–Trinajstić information content (AvgIpc) is 3.15. The summed E-state index contributed by atoms with van der Waals surface area (Å²) in [4.78, 5) is 13.1. The molecule has 1 aromatic carbocycles. The first-order valence-electron chi connectivity index (χ1n) is 6.49. The van der Waals surface area contributed by atoms with Gasteiger partial charge in [0, 0.05) is 13.1 Å². The lowest BCUT2D eigenvalue weighted by atomic mass is 10.1. The van der Waals surface area contributed by atoms with Gasteiger partial charge in [0.15, 0.2) is 0 Å². The third-order valence-corrected chi connectivity index (χ3v) is 3.50. The Balaban J connectivity index is 2.11. The van der Waals surface area contributed by atoms with E-state index >= 15 is 0 Å². The fourth-order valence-electron chi connectivity index (χ4n) is 2.17. The molecule has 2 rings (SSSR count). The lowest BCUT2D eigenvalue weighted by molar-refractivity contribution is 0.0697. The molecule has 1 aliphatic carbocycles. The number of rotatable bonds is 6. The molecule has 4 nitrogen and oxygen atoms in total. The Morgan fingerprint density at radius 2 is 2.22 bits per heavy atom. The van der Waals surface area contributed by atoms with Gasteiger partial charge in [0.1, 0.15) is 0 Å². The van der Waals surface area contributed by atoms with Crippen LogP contribution in [0.4, 0.5) is 11.4 Å². The van der Waals surface area contributed by atoms with Gasteiger partial charge in [0.25, 0.3) is 0 Å². The van der Waals surface area contributed by atoms with Crippen LogP contribution in [0.25, 0.3) is 0 Å². The number of hydrogen-bond acceptors (Lipinski definition) is 3. The fraction of sp³-hybridized carbons (Fsp3) is 0.500. The van der Waals surface area contributed by atoms with Crippen LogP contribution in [0.1, 0.15) is 36.5 Å². The van der Waals surface area contributed by atoms with E-state index in [1.165, 1.54) is 25.3 Å². The molecule has 0 aromatic heterocycles. The molecule has 1 saturated carbocycles. The normalized spacial score (nSPS) is 14.5. The number of benzene rings is 1. The second kappa shape index (κ2) is 5.29. The fourth-order valence-corrected chi connectivity index (χ4v) is 2.17. The summed E-state index contributed by atoms with van der Waals surface area (Å²) >= 11 is 0. The van der Waals surface area contributed by atoms with Crippen molar-refractivity contribution in [3.63, 3.8) is 0 Å². The van der Waals surface area contributed by atoms with E-state index < -0.39 is 5.97 Å². The largest absolute Gasteiger partial charge is 0.478 e. The second-order valence-electron chi connectivity index (χ2n) is 4.89. The van der Waals surface area contributed by atoms with Crippen LogP contribution in [0.3, 0.4) is 0 Å². The van der Waals surface area contributed by atoms with Crippen molar-refractivity contribution in [2.75, 3.05) is 23.7 Å². The van der Waals surface area contributed by atoms with Crippen LogP contribution < -0.4 is 10.6 Å². The van der Waals surface area contributed by atoms with Gasteiger partial charge in [0.2, 0.25) is 0 Å². The van der Waals surface area contributed by atoms with Gasteiger partial charge in [-0.2, -0.15) is 0 Å². The lowest BCUT2D eigenvalue weighted by Gasteiger charge is -2.24. The molecule has 0 saturated heterocycles. The molecule has 0 aliphatic heterocycles. The van der Waals surface area contributed by atoms with Gasteiger partial charge in [-0.3, -0.25) is 0 Å². The summed E-state index contributed by atoms with van der Waals surface area (Å²) in [7, 11) is 0. The third-order valence-electron chi connectivity index (χ3n) is 3.50. The molecule has 0 bridgehead atoms. The number of carboxylic acids is 1. The molecule has 1 aromatic rings. The van der Waals surface area contributed by atoms with Crippen LogP contribution in [0.2, 0.25) is 0 Å². The predicted octanol–water partition coefficient (Wildman–Crippen LogP) is 2.59. The standard InChI is InChI=1S/C14H20N2O2/c1-2-16(8-7-10-3-4-10)13-6-5-11(14(17)18)9-12(13)15/h5-6,9-10H,2-4,7-8,15H2,1H3,(H,17,18). The van der Waals surface area contributed by atoms with E-state index in [1.807, 2.05) is 6.07 Å². The third kappa shape index (κ3) is 2.94. The highest BCUT2D eigenvalue weighted by molar-refractivity contribution is 5.90. The van der Waals surface area contributed by atoms with E-state index in [2.05, 4.69) is 11.8 Å². The van der Waals surface area contributed by atoms with Crippen LogP contribution in [0.15, 0.2) is 18.2 Å². The Hall–Kier alpha value is -1.71. The monoisotopic (exact) mass is 248 g/mol. The zero-order valence-electron chi connectivity index (χ0n) is 10.7. The first-order valence-corrected chi connectivity index (χ1v) is 6.49. The molecule has 18 heavy (non-hydrogen) atoms.